The molecule has 0 fully saturated rings. The number of carbonyl (C=O) groups excluding carboxylic acids is 3. The number of halogens is 2. The molecule has 204 valence electrons. The Morgan fingerprint density at radius 3 is 2.39 bits per heavy atom. The van der Waals surface area contributed by atoms with Gasteiger partial charge in [-0.15, -0.1) is 0 Å². The van der Waals surface area contributed by atoms with Crippen LogP contribution in [0.25, 0.3) is 0 Å². The van der Waals surface area contributed by atoms with Gasteiger partial charge in [-0.25, -0.2) is 0 Å². The molecule has 0 aliphatic heterocycles. The summed E-state index contributed by atoms with van der Waals surface area (Å²) >= 11 is 11.5. The Balaban J connectivity index is 2.05. The van der Waals surface area contributed by atoms with Gasteiger partial charge in [0.15, 0.2) is 0 Å². The van der Waals surface area contributed by atoms with Crippen molar-refractivity contribution in [2.45, 2.75) is 24.9 Å². The van der Waals surface area contributed by atoms with E-state index in [2.05, 4.69) is 16.0 Å². The molecular formula is C23H24Cl2N4O7SSe. The number of carboxylic acid groups (broad SMARTS) is 2. The molecule has 0 radical (unpaired) electrons. The summed E-state index contributed by atoms with van der Waals surface area (Å²) in [6.45, 7) is -0.636. The van der Waals surface area contributed by atoms with Gasteiger partial charge in [0.05, 0.1) is 0 Å². The van der Waals surface area contributed by atoms with Crippen LogP contribution in [-0.4, -0.2) is 78.1 Å². The molecule has 0 saturated heterocycles. The van der Waals surface area contributed by atoms with E-state index in [1.54, 1.807) is 36.4 Å². The molecule has 0 aromatic heterocycles. The Morgan fingerprint density at radius 2 is 1.74 bits per heavy atom. The second kappa shape index (κ2) is 15.6. The van der Waals surface area contributed by atoms with Crippen LogP contribution in [0.2, 0.25) is 10.0 Å². The van der Waals surface area contributed by atoms with E-state index in [4.69, 9.17) is 39.1 Å². The topological polar surface area (TPSA) is 188 Å². The van der Waals surface area contributed by atoms with Crippen LogP contribution in [0.15, 0.2) is 42.5 Å². The number of benzene rings is 2. The van der Waals surface area contributed by atoms with Gasteiger partial charge in [0.25, 0.3) is 0 Å². The summed E-state index contributed by atoms with van der Waals surface area (Å²) in [6, 6.07) is 9.26. The molecule has 2 rings (SSSR count). The van der Waals surface area contributed by atoms with Crippen LogP contribution in [0.4, 0.5) is 5.69 Å². The molecular weight excluding hydrogens is 626 g/mol. The Hall–Kier alpha value is -2.80. The van der Waals surface area contributed by atoms with E-state index in [0.29, 0.717) is 20.7 Å². The van der Waals surface area contributed by atoms with Crippen molar-refractivity contribution in [1.82, 2.24) is 10.6 Å². The molecule has 2 aromatic carbocycles. The van der Waals surface area contributed by atoms with E-state index in [0.717, 1.165) is 0 Å². The molecule has 11 nitrogen and oxygen atoms in total. The first-order valence-corrected chi connectivity index (χ1v) is 15.5. The number of hydrogen-bond acceptors (Lipinski definition) is 7. The SMILES string of the molecule is NC(CCC(=O)NC(CS[Se]c1ccccc1C(=O)Nc1ccc(Cl)c(Cl)c1)C(=O)NCC(=O)O)C(=O)O. The van der Waals surface area contributed by atoms with Crippen molar-refractivity contribution in [1.29, 1.82) is 0 Å². The van der Waals surface area contributed by atoms with E-state index in [1.807, 2.05) is 0 Å². The van der Waals surface area contributed by atoms with Gasteiger partial charge in [-0.05, 0) is 0 Å². The quantitative estimate of drug-likeness (QED) is 0.163. The van der Waals surface area contributed by atoms with Crippen LogP contribution in [0.5, 0.6) is 0 Å². The Morgan fingerprint density at radius 1 is 1.03 bits per heavy atom. The number of carbonyl (C=O) groups is 5. The number of anilines is 1. The summed E-state index contributed by atoms with van der Waals surface area (Å²) in [4.78, 5) is 59.4. The number of hydrogen-bond donors (Lipinski definition) is 6. The number of amides is 3. The third-order valence-corrected chi connectivity index (χ3v) is 9.74. The fraction of sp³-hybridized carbons (Fsp3) is 0.261. The van der Waals surface area contributed by atoms with E-state index < -0.39 is 42.4 Å². The van der Waals surface area contributed by atoms with E-state index in [9.17, 15) is 24.0 Å². The predicted molar refractivity (Wildman–Crippen MR) is 146 cm³/mol. The van der Waals surface area contributed by atoms with Crippen molar-refractivity contribution in [3.63, 3.8) is 0 Å². The van der Waals surface area contributed by atoms with Gasteiger partial charge < -0.3 is 0 Å². The summed E-state index contributed by atoms with van der Waals surface area (Å²) in [5.74, 6) is -4.13. The van der Waals surface area contributed by atoms with Gasteiger partial charge in [0.2, 0.25) is 0 Å². The van der Waals surface area contributed by atoms with Crippen molar-refractivity contribution in [2.24, 2.45) is 5.73 Å². The molecule has 2 atom stereocenters. The average Bonchev–Trinajstić information content (AvgIpc) is 2.87. The van der Waals surface area contributed by atoms with Crippen molar-refractivity contribution >= 4 is 87.0 Å². The molecule has 38 heavy (non-hydrogen) atoms. The van der Waals surface area contributed by atoms with Crippen LogP contribution < -0.4 is 26.1 Å². The monoisotopic (exact) mass is 650 g/mol. The molecule has 0 aliphatic rings. The first-order chi connectivity index (χ1) is 18.0. The molecule has 0 heterocycles. The van der Waals surface area contributed by atoms with Crippen molar-refractivity contribution < 1.29 is 34.2 Å². The van der Waals surface area contributed by atoms with Gasteiger partial charge in [0, 0.05) is 0 Å². The number of nitrogens with one attached hydrogen (secondary N) is 3. The number of nitrogens with two attached hydrogens (primary N) is 1. The van der Waals surface area contributed by atoms with Gasteiger partial charge in [-0.3, -0.25) is 0 Å². The zero-order valence-corrected chi connectivity index (χ0v) is 23.7. The van der Waals surface area contributed by atoms with Crippen molar-refractivity contribution in [2.75, 3.05) is 17.6 Å². The summed E-state index contributed by atoms with van der Waals surface area (Å²) in [7, 11) is 1.29. The molecule has 0 saturated carbocycles. The molecule has 0 aliphatic carbocycles. The second-order valence-electron chi connectivity index (χ2n) is 7.66. The summed E-state index contributed by atoms with van der Waals surface area (Å²) in [5, 5.41) is 25.8. The van der Waals surface area contributed by atoms with Crippen molar-refractivity contribution in [3.8, 4) is 0 Å². The molecule has 2 unspecified atom stereocenters. The zero-order valence-electron chi connectivity index (χ0n) is 19.6. The van der Waals surface area contributed by atoms with Gasteiger partial charge in [0.1, 0.15) is 0 Å². The molecule has 3 amide bonds. The normalized spacial score (nSPS) is 12.2. The predicted octanol–water partition coefficient (Wildman–Crippen LogP) is 1.10. The van der Waals surface area contributed by atoms with Crippen LogP contribution in [-0.2, 0) is 19.2 Å². The first kappa shape index (κ1) is 31.4. The minimum atomic E-state index is -1.26. The zero-order chi connectivity index (χ0) is 28.2. The van der Waals surface area contributed by atoms with E-state index in [-0.39, 0.29) is 43.4 Å². The van der Waals surface area contributed by atoms with E-state index >= 15 is 0 Å². The third-order valence-electron chi connectivity index (χ3n) is 4.76. The summed E-state index contributed by atoms with van der Waals surface area (Å²) in [5.41, 5.74) is 6.28. The van der Waals surface area contributed by atoms with Crippen LogP contribution in [0.1, 0.15) is 23.2 Å². The van der Waals surface area contributed by atoms with Gasteiger partial charge >= 0.3 is 238 Å². The van der Waals surface area contributed by atoms with Crippen molar-refractivity contribution in [3.05, 3.63) is 58.1 Å². The second-order valence-corrected chi connectivity index (χ2v) is 12.7. The summed E-state index contributed by atoms with van der Waals surface area (Å²) in [6.07, 6.45) is -0.368. The summed E-state index contributed by atoms with van der Waals surface area (Å²) < 4.78 is 0.714. The maximum atomic E-state index is 12.9. The Kier molecular flexibility index (Phi) is 12.9. The number of aliphatic carboxylic acids is 2. The molecule has 15 heteroatoms. The molecule has 0 spiro atoms. The van der Waals surface area contributed by atoms with Crippen LogP contribution in [0.3, 0.4) is 0 Å². The Labute approximate surface area is 237 Å². The first-order valence-electron chi connectivity index (χ1n) is 10.9. The van der Waals surface area contributed by atoms with Gasteiger partial charge in [-0.1, -0.05) is 0 Å². The number of rotatable bonds is 14. The molecule has 0 bridgehead atoms. The standard InChI is InChI=1S/C23H24Cl2N4O7SSe/c24-14-6-5-12(9-15(14)25)28-21(33)13-3-1-2-4-18(13)38-37-11-17(22(34)27-10-20(31)32)29-19(30)8-7-16(26)23(35)36/h1-6,9,16-17H,7-8,10-11,26H2,(H,27,34)(H,28,33)(H,29,30)(H,31,32)(H,35,36). The van der Waals surface area contributed by atoms with Crippen LogP contribution >= 0.6 is 33.4 Å². The number of carboxylic acids is 2. The minimum absolute atomic E-state index is 0.0743. The van der Waals surface area contributed by atoms with E-state index in [1.165, 1.54) is 16.2 Å². The third kappa shape index (κ3) is 10.5. The fourth-order valence-corrected chi connectivity index (χ4v) is 7.32. The maximum absolute atomic E-state index is 12.9. The molecule has 7 N–H and O–H groups in total. The Bertz CT molecular complexity index is 1200. The molecule has 2 aromatic rings. The van der Waals surface area contributed by atoms with Gasteiger partial charge in [-0.2, -0.15) is 0 Å². The average molecular weight is 650 g/mol. The van der Waals surface area contributed by atoms with Crippen LogP contribution in [0, 0.1) is 0 Å². The fourth-order valence-electron chi connectivity index (χ4n) is 2.81.